The molecule has 3 aromatic rings. The van der Waals surface area contributed by atoms with Crippen molar-refractivity contribution in [3.63, 3.8) is 0 Å². The molecular formula is C24H19N3O6. The first-order valence-electron chi connectivity index (χ1n) is 9.99. The van der Waals surface area contributed by atoms with Crippen molar-refractivity contribution in [3.8, 4) is 11.3 Å². The molecule has 0 spiro atoms. The zero-order chi connectivity index (χ0) is 23.9. The van der Waals surface area contributed by atoms with Crippen molar-refractivity contribution in [2.45, 2.75) is 20.8 Å². The number of non-ortho nitro benzene ring substituents is 1. The molecule has 4 rings (SSSR count). The van der Waals surface area contributed by atoms with Crippen LogP contribution in [0.5, 0.6) is 0 Å². The smallest absolute Gasteiger partial charge is 0.335 e. The largest absolute Gasteiger partial charge is 0.457 e. The molecule has 0 unspecified atom stereocenters. The molecule has 9 nitrogen and oxygen atoms in total. The minimum atomic E-state index is -0.827. The number of nitro groups is 1. The fourth-order valence-corrected chi connectivity index (χ4v) is 3.51. The van der Waals surface area contributed by atoms with E-state index in [0.717, 1.165) is 16.0 Å². The van der Waals surface area contributed by atoms with Crippen LogP contribution in [0.2, 0.25) is 0 Å². The first-order chi connectivity index (χ1) is 15.7. The van der Waals surface area contributed by atoms with Crippen LogP contribution in [-0.4, -0.2) is 22.8 Å². The number of imide groups is 2. The van der Waals surface area contributed by atoms with Crippen molar-refractivity contribution >= 4 is 35.3 Å². The van der Waals surface area contributed by atoms with E-state index < -0.39 is 22.8 Å². The highest BCUT2D eigenvalue weighted by molar-refractivity contribution is 6.39. The van der Waals surface area contributed by atoms with Gasteiger partial charge >= 0.3 is 6.03 Å². The van der Waals surface area contributed by atoms with Gasteiger partial charge in [-0.2, -0.15) is 0 Å². The van der Waals surface area contributed by atoms with Gasteiger partial charge in [-0.15, -0.1) is 0 Å². The second-order valence-corrected chi connectivity index (χ2v) is 7.68. The van der Waals surface area contributed by atoms with Crippen LogP contribution in [0.4, 0.5) is 16.2 Å². The lowest BCUT2D eigenvalue weighted by Gasteiger charge is -2.26. The lowest BCUT2D eigenvalue weighted by atomic mass is 10.1. The zero-order valence-electron chi connectivity index (χ0n) is 18.0. The van der Waals surface area contributed by atoms with Crippen molar-refractivity contribution in [2.75, 3.05) is 4.90 Å². The summed E-state index contributed by atoms with van der Waals surface area (Å²) in [4.78, 5) is 49.2. The molecule has 33 heavy (non-hydrogen) atoms. The molecule has 9 heteroatoms. The summed E-state index contributed by atoms with van der Waals surface area (Å²) in [6.45, 7) is 5.49. The Hall–Kier alpha value is -4.53. The van der Waals surface area contributed by atoms with E-state index in [2.05, 4.69) is 5.32 Å². The van der Waals surface area contributed by atoms with Gasteiger partial charge in [-0.1, -0.05) is 6.07 Å². The molecule has 1 aliphatic heterocycles. The topological polar surface area (TPSA) is 123 Å². The van der Waals surface area contributed by atoms with Gasteiger partial charge < -0.3 is 4.42 Å². The van der Waals surface area contributed by atoms with Crippen molar-refractivity contribution in [1.82, 2.24) is 5.32 Å². The van der Waals surface area contributed by atoms with Crippen LogP contribution in [0.1, 0.15) is 22.5 Å². The van der Waals surface area contributed by atoms with E-state index in [1.54, 1.807) is 43.3 Å². The molecule has 0 bridgehead atoms. The number of aryl methyl sites for hydroxylation is 3. The molecule has 2 heterocycles. The summed E-state index contributed by atoms with van der Waals surface area (Å²) in [6.07, 6.45) is 1.27. The number of carbonyl (C=O) groups is 3. The van der Waals surface area contributed by atoms with Crippen LogP contribution in [0.15, 0.2) is 58.5 Å². The highest BCUT2D eigenvalue weighted by Crippen LogP contribution is 2.30. The van der Waals surface area contributed by atoms with Crippen LogP contribution in [-0.2, 0) is 9.59 Å². The number of amides is 4. The van der Waals surface area contributed by atoms with Gasteiger partial charge in [-0.05, 0) is 73.9 Å². The Labute approximate surface area is 188 Å². The van der Waals surface area contributed by atoms with Gasteiger partial charge in [-0.3, -0.25) is 25.0 Å². The molecule has 0 aliphatic carbocycles. The summed E-state index contributed by atoms with van der Waals surface area (Å²) in [5, 5.41) is 13.1. The number of furan rings is 1. The number of hydrogen-bond donors (Lipinski definition) is 1. The van der Waals surface area contributed by atoms with Gasteiger partial charge in [0.25, 0.3) is 17.5 Å². The molecule has 0 atom stereocenters. The highest BCUT2D eigenvalue weighted by Gasteiger charge is 2.37. The molecule has 0 radical (unpaired) electrons. The van der Waals surface area contributed by atoms with E-state index in [4.69, 9.17) is 4.42 Å². The van der Waals surface area contributed by atoms with Crippen LogP contribution in [0.25, 0.3) is 17.4 Å². The predicted molar refractivity (Wildman–Crippen MR) is 120 cm³/mol. The van der Waals surface area contributed by atoms with E-state index in [9.17, 15) is 24.5 Å². The van der Waals surface area contributed by atoms with Crippen LogP contribution in [0, 0.1) is 30.9 Å². The van der Waals surface area contributed by atoms with Gasteiger partial charge in [0.15, 0.2) is 0 Å². The standard InChI is InChI=1S/C24H19N3O6/c1-13-4-5-16(10-14(13)2)26-23(29)20(22(28)25-24(26)30)12-18-7-9-21(33-18)19-8-6-17(27(31)32)11-15(19)3/h4-12H,1-3H3,(H,25,28,30)/b20-12-. The number of carbonyl (C=O) groups excluding carboxylic acids is 3. The first-order valence-corrected chi connectivity index (χ1v) is 9.99. The maximum Gasteiger partial charge on any atom is 0.335 e. The number of anilines is 1. The summed E-state index contributed by atoms with van der Waals surface area (Å²) >= 11 is 0. The quantitative estimate of drug-likeness (QED) is 0.274. The van der Waals surface area contributed by atoms with Crippen molar-refractivity contribution in [1.29, 1.82) is 0 Å². The molecule has 1 N–H and O–H groups in total. The van der Waals surface area contributed by atoms with Crippen LogP contribution < -0.4 is 10.2 Å². The Morgan fingerprint density at radius 3 is 2.36 bits per heavy atom. The highest BCUT2D eigenvalue weighted by atomic mass is 16.6. The number of nitrogens with zero attached hydrogens (tertiary/aromatic N) is 2. The normalized spacial score (nSPS) is 15.2. The summed E-state index contributed by atoms with van der Waals surface area (Å²) in [5.74, 6) is -0.957. The Morgan fingerprint density at radius 1 is 0.939 bits per heavy atom. The summed E-state index contributed by atoms with van der Waals surface area (Å²) in [7, 11) is 0. The molecule has 0 saturated carbocycles. The lowest BCUT2D eigenvalue weighted by molar-refractivity contribution is -0.384. The zero-order valence-corrected chi connectivity index (χ0v) is 18.0. The molecule has 1 aromatic heterocycles. The average molecular weight is 445 g/mol. The molecule has 1 aliphatic rings. The number of nitro benzene ring substituents is 1. The summed E-state index contributed by atoms with van der Waals surface area (Å²) in [5.41, 5.74) is 3.22. The maximum absolute atomic E-state index is 13.1. The van der Waals surface area contributed by atoms with Crippen molar-refractivity contribution < 1.29 is 23.7 Å². The van der Waals surface area contributed by atoms with Gasteiger partial charge in [-0.25, -0.2) is 9.69 Å². The van der Waals surface area contributed by atoms with Crippen molar-refractivity contribution in [3.05, 3.63) is 86.7 Å². The second-order valence-electron chi connectivity index (χ2n) is 7.68. The van der Waals surface area contributed by atoms with Crippen molar-refractivity contribution in [2.24, 2.45) is 0 Å². The van der Waals surface area contributed by atoms with Crippen LogP contribution in [0.3, 0.4) is 0 Å². The summed E-state index contributed by atoms with van der Waals surface area (Å²) < 4.78 is 5.77. The maximum atomic E-state index is 13.1. The fourth-order valence-electron chi connectivity index (χ4n) is 3.51. The number of benzene rings is 2. The Balaban J connectivity index is 1.67. The SMILES string of the molecule is Cc1ccc(N2C(=O)NC(=O)/C(=C/c3ccc(-c4ccc([N+](=O)[O-])cc4C)o3)C2=O)cc1C. The van der Waals surface area contributed by atoms with E-state index in [0.29, 0.717) is 22.6 Å². The lowest BCUT2D eigenvalue weighted by Crippen LogP contribution is -2.54. The van der Waals surface area contributed by atoms with Gasteiger partial charge in [0, 0.05) is 17.7 Å². The number of hydrogen-bond acceptors (Lipinski definition) is 6. The summed E-state index contributed by atoms with van der Waals surface area (Å²) in [6, 6.07) is 11.9. The number of barbiturate groups is 1. The molecular weight excluding hydrogens is 426 g/mol. The molecule has 1 saturated heterocycles. The minimum absolute atomic E-state index is 0.0364. The Morgan fingerprint density at radius 2 is 1.70 bits per heavy atom. The first kappa shape index (κ1) is 21.7. The number of nitrogens with one attached hydrogen (secondary N) is 1. The van der Waals surface area contributed by atoms with Gasteiger partial charge in [0.2, 0.25) is 0 Å². The van der Waals surface area contributed by atoms with Crippen LogP contribution >= 0.6 is 0 Å². The minimum Gasteiger partial charge on any atom is -0.457 e. The van der Waals surface area contributed by atoms with E-state index >= 15 is 0 Å². The van der Waals surface area contributed by atoms with Gasteiger partial charge in [0.05, 0.1) is 10.6 Å². The fraction of sp³-hybridized carbons (Fsp3) is 0.125. The number of rotatable bonds is 4. The molecule has 1 fully saturated rings. The third-order valence-corrected chi connectivity index (χ3v) is 5.45. The van der Waals surface area contributed by atoms with Gasteiger partial charge in [0.1, 0.15) is 17.1 Å². The third-order valence-electron chi connectivity index (χ3n) is 5.45. The molecule has 2 aromatic carbocycles. The third kappa shape index (κ3) is 4.03. The Bertz CT molecular complexity index is 1370. The number of urea groups is 1. The molecule has 166 valence electrons. The monoisotopic (exact) mass is 445 g/mol. The van der Waals surface area contributed by atoms with E-state index in [1.165, 1.54) is 18.2 Å². The van der Waals surface area contributed by atoms with E-state index in [1.807, 2.05) is 13.8 Å². The molecule has 4 amide bonds. The van der Waals surface area contributed by atoms with E-state index in [-0.39, 0.29) is 17.0 Å². The predicted octanol–water partition coefficient (Wildman–Crippen LogP) is 4.45. The second kappa shape index (κ2) is 8.19. The average Bonchev–Trinajstić information content (AvgIpc) is 3.21. The Kier molecular flexibility index (Phi) is 5.39.